The van der Waals surface area contributed by atoms with Gasteiger partial charge in [-0.15, -0.1) is 0 Å². The molecule has 0 spiro atoms. The lowest BCUT2D eigenvalue weighted by Crippen LogP contribution is -2.46. The van der Waals surface area contributed by atoms with Gasteiger partial charge >= 0.3 is 5.69 Å². The van der Waals surface area contributed by atoms with Crippen LogP contribution in [0.5, 0.6) is 0 Å². The summed E-state index contributed by atoms with van der Waals surface area (Å²) in [5.74, 6) is 0.446. The molecular weight excluding hydrogens is 318 g/mol. The molecule has 2 aromatic heterocycles. The third-order valence-electron chi connectivity index (χ3n) is 3.81. The minimum absolute atomic E-state index is 0.0558. The van der Waals surface area contributed by atoms with Gasteiger partial charge in [-0.2, -0.15) is 0 Å². The second kappa shape index (κ2) is 6.89. The SMILES string of the molecule is O=[N+]([O-])c1cccnc1N1CCN(Cc2ccc(Cl)cn2)CC1. The van der Waals surface area contributed by atoms with Gasteiger partial charge < -0.3 is 4.90 Å². The van der Waals surface area contributed by atoms with E-state index in [0.29, 0.717) is 23.9 Å². The Bertz CT molecular complexity index is 687. The number of nitrogens with zero attached hydrogens (tertiary/aromatic N) is 5. The first kappa shape index (κ1) is 15.6. The number of aromatic nitrogens is 2. The minimum Gasteiger partial charge on any atom is -0.348 e. The monoisotopic (exact) mass is 333 g/mol. The van der Waals surface area contributed by atoms with E-state index in [1.807, 2.05) is 17.0 Å². The van der Waals surface area contributed by atoms with Gasteiger partial charge in [-0.05, 0) is 18.2 Å². The van der Waals surface area contributed by atoms with Crippen LogP contribution < -0.4 is 4.90 Å². The van der Waals surface area contributed by atoms with E-state index in [2.05, 4.69) is 14.9 Å². The van der Waals surface area contributed by atoms with Crippen LogP contribution in [-0.2, 0) is 6.54 Å². The molecule has 120 valence electrons. The number of hydrogen-bond donors (Lipinski definition) is 0. The summed E-state index contributed by atoms with van der Waals surface area (Å²) in [6.07, 6.45) is 3.23. The summed E-state index contributed by atoms with van der Waals surface area (Å²) >= 11 is 5.84. The van der Waals surface area contributed by atoms with Crippen molar-refractivity contribution in [2.75, 3.05) is 31.1 Å². The summed E-state index contributed by atoms with van der Waals surface area (Å²) in [6, 6.07) is 6.83. The first-order chi connectivity index (χ1) is 11.1. The zero-order chi connectivity index (χ0) is 16.2. The van der Waals surface area contributed by atoms with Crippen LogP contribution in [0.3, 0.4) is 0 Å². The fourth-order valence-corrected chi connectivity index (χ4v) is 2.73. The maximum atomic E-state index is 11.1. The van der Waals surface area contributed by atoms with E-state index in [4.69, 9.17) is 11.6 Å². The molecule has 1 fully saturated rings. The van der Waals surface area contributed by atoms with Crippen LogP contribution in [0.4, 0.5) is 11.5 Å². The first-order valence-electron chi connectivity index (χ1n) is 7.30. The van der Waals surface area contributed by atoms with Crippen LogP contribution in [0, 0.1) is 10.1 Å². The van der Waals surface area contributed by atoms with Crippen molar-refractivity contribution in [1.82, 2.24) is 14.9 Å². The van der Waals surface area contributed by atoms with E-state index < -0.39 is 0 Å². The van der Waals surface area contributed by atoms with Crippen LogP contribution in [0.25, 0.3) is 0 Å². The van der Waals surface area contributed by atoms with E-state index in [9.17, 15) is 10.1 Å². The van der Waals surface area contributed by atoms with E-state index in [0.717, 1.165) is 25.3 Å². The highest BCUT2D eigenvalue weighted by molar-refractivity contribution is 6.30. The summed E-state index contributed by atoms with van der Waals surface area (Å²) in [5, 5.41) is 11.7. The van der Waals surface area contributed by atoms with Gasteiger partial charge in [-0.25, -0.2) is 4.98 Å². The molecule has 1 saturated heterocycles. The molecule has 8 heteroatoms. The molecule has 23 heavy (non-hydrogen) atoms. The van der Waals surface area contributed by atoms with Gasteiger partial charge in [-0.1, -0.05) is 11.6 Å². The average Bonchev–Trinajstić information content (AvgIpc) is 2.58. The highest BCUT2D eigenvalue weighted by Crippen LogP contribution is 2.25. The molecule has 0 N–H and O–H groups in total. The van der Waals surface area contributed by atoms with Gasteiger partial charge in [-0.3, -0.25) is 20.0 Å². The van der Waals surface area contributed by atoms with Gasteiger partial charge in [0, 0.05) is 51.2 Å². The van der Waals surface area contributed by atoms with Crippen LogP contribution in [0.1, 0.15) is 5.69 Å². The van der Waals surface area contributed by atoms with Gasteiger partial charge in [0.2, 0.25) is 5.82 Å². The van der Waals surface area contributed by atoms with E-state index in [-0.39, 0.29) is 10.6 Å². The Morgan fingerprint density at radius 2 is 1.96 bits per heavy atom. The normalized spacial score (nSPS) is 15.6. The van der Waals surface area contributed by atoms with Gasteiger partial charge in [0.1, 0.15) is 0 Å². The van der Waals surface area contributed by atoms with Crippen LogP contribution in [0.2, 0.25) is 5.02 Å². The first-order valence-corrected chi connectivity index (χ1v) is 7.68. The van der Waals surface area contributed by atoms with Crippen molar-refractivity contribution in [2.24, 2.45) is 0 Å². The van der Waals surface area contributed by atoms with Crippen molar-refractivity contribution in [3.8, 4) is 0 Å². The molecule has 1 aliphatic rings. The maximum Gasteiger partial charge on any atom is 0.311 e. The Hall–Kier alpha value is -2.25. The number of nitro groups is 1. The highest BCUT2D eigenvalue weighted by atomic mass is 35.5. The van der Waals surface area contributed by atoms with Crippen LogP contribution in [-0.4, -0.2) is 46.0 Å². The molecule has 0 aliphatic carbocycles. The van der Waals surface area contributed by atoms with E-state index in [1.54, 1.807) is 18.5 Å². The van der Waals surface area contributed by atoms with Crippen LogP contribution >= 0.6 is 11.6 Å². The smallest absolute Gasteiger partial charge is 0.311 e. The predicted molar refractivity (Wildman–Crippen MR) is 87.6 cm³/mol. The topological polar surface area (TPSA) is 75.4 Å². The van der Waals surface area contributed by atoms with Gasteiger partial charge in [0.15, 0.2) is 0 Å². The second-order valence-corrected chi connectivity index (χ2v) is 5.77. The molecule has 0 unspecified atom stereocenters. The molecule has 0 radical (unpaired) electrons. The number of piperazine rings is 1. The quantitative estimate of drug-likeness (QED) is 0.631. The molecule has 0 bridgehead atoms. The zero-order valence-electron chi connectivity index (χ0n) is 12.4. The van der Waals surface area contributed by atoms with Gasteiger partial charge in [0.25, 0.3) is 0 Å². The summed E-state index contributed by atoms with van der Waals surface area (Å²) in [5.41, 5.74) is 1.02. The lowest BCUT2D eigenvalue weighted by Gasteiger charge is -2.34. The number of anilines is 1. The standard InChI is InChI=1S/C15H16ClN5O2/c16-12-3-4-13(18-10-12)11-19-6-8-20(9-7-19)15-14(21(22)23)2-1-5-17-15/h1-5,10H,6-9,11H2. The predicted octanol–water partition coefficient (Wildman–Crippen LogP) is 2.36. The molecule has 0 amide bonds. The third kappa shape index (κ3) is 3.75. The number of halogens is 1. The number of pyridine rings is 2. The molecule has 0 saturated carbocycles. The summed E-state index contributed by atoms with van der Waals surface area (Å²) in [4.78, 5) is 23.4. The number of hydrogen-bond acceptors (Lipinski definition) is 6. The lowest BCUT2D eigenvalue weighted by atomic mass is 10.2. The summed E-state index contributed by atoms with van der Waals surface area (Å²) < 4.78 is 0. The number of rotatable bonds is 4. The van der Waals surface area contributed by atoms with Crippen molar-refractivity contribution in [2.45, 2.75) is 6.54 Å². The Balaban J connectivity index is 1.62. The molecule has 3 rings (SSSR count). The molecule has 0 aromatic carbocycles. The molecule has 3 heterocycles. The fourth-order valence-electron chi connectivity index (χ4n) is 2.62. The fraction of sp³-hybridized carbons (Fsp3) is 0.333. The van der Waals surface area contributed by atoms with Crippen molar-refractivity contribution < 1.29 is 4.92 Å². The average molecular weight is 334 g/mol. The third-order valence-corrected chi connectivity index (χ3v) is 4.03. The Labute approximate surface area is 138 Å². The molecule has 0 atom stereocenters. The lowest BCUT2D eigenvalue weighted by molar-refractivity contribution is -0.384. The van der Waals surface area contributed by atoms with Gasteiger partial charge in [0.05, 0.1) is 15.6 Å². The molecule has 1 aliphatic heterocycles. The Morgan fingerprint density at radius 1 is 1.17 bits per heavy atom. The Morgan fingerprint density at radius 3 is 2.61 bits per heavy atom. The highest BCUT2D eigenvalue weighted by Gasteiger charge is 2.24. The minimum atomic E-state index is -0.383. The summed E-state index contributed by atoms with van der Waals surface area (Å²) in [7, 11) is 0. The second-order valence-electron chi connectivity index (χ2n) is 5.33. The van der Waals surface area contributed by atoms with Crippen molar-refractivity contribution >= 4 is 23.1 Å². The zero-order valence-corrected chi connectivity index (χ0v) is 13.2. The summed E-state index contributed by atoms with van der Waals surface area (Å²) in [6.45, 7) is 3.75. The van der Waals surface area contributed by atoms with Crippen molar-refractivity contribution in [3.05, 3.63) is 57.5 Å². The Kier molecular flexibility index (Phi) is 4.68. The van der Waals surface area contributed by atoms with E-state index >= 15 is 0 Å². The molecule has 2 aromatic rings. The van der Waals surface area contributed by atoms with Crippen molar-refractivity contribution in [1.29, 1.82) is 0 Å². The van der Waals surface area contributed by atoms with Crippen molar-refractivity contribution in [3.63, 3.8) is 0 Å². The molecular formula is C15H16ClN5O2. The maximum absolute atomic E-state index is 11.1. The van der Waals surface area contributed by atoms with Crippen LogP contribution in [0.15, 0.2) is 36.7 Å². The largest absolute Gasteiger partial charge is 0.348 e. The van der Waals surface area contributed by atoms with E-state index in [1.165, 1.54) is 6.07 Å². The molecule has 7 nitrogen and oxygen atoms in total.